The van der Waals surface area contributed by atoms with Crippen molar-refractivity contribution in [1.29, 1.82) is 0 Å². The molecule has 0 aromatic carbocycles. The van der Waals surface area contributed by atoms with E-state index >= 15 is 0 Å². The van der Waals surface area contributed by atoms with E-state index in [0.29, 0.717) is 5.92 Å². The molecule has 2 rings (SSSR count). The second kappa shape index (κ2) is 4.62. The van der Waals surface area contributed by atoms with Crippen LogP contribution in [-0.4, -0.2) is 22.7 Å². The average molecular weight is 206 g/mol. The van der Waals surface area contributed by atoms with Crippen molar-refractivity contribution in [3.05, 3.63) is 23.9 Å². The van der Waals surface area contributed by atoms with Crippen molar-refractivity contribution in [2.24, 2.45) is 5.92 Å². The molecule has 1 aromatic heterocycles. The van der Waals surface area contributed by atoms with E-state index in [1.807, 2.05) is 6.07 Å². The van der Waals surface area contributed by atoms with E-state index in [9.17, 15) is 5.11 Å². The second-order valence-electron chi connectivity index (χ2n) is 4.38. The Morgan fingerprint density at radius 1 is 1.53 bits per heavy atom. The lowest BCUT2D eigenvalue weighted by Gasteiger charge is -2.12. The molecule has 1 heterocycles. The number of nitrogens with one attached hydrogen (secondary N) is 1. The van der Waals surface area contributed by atoms with Gasteiger partial charge in [-0.05, 0) is 43.7 Å². The number of hydrogen-bond acceptors (Lipinski definition) is 3. The molecular weight excluding hydrogens is 188 g/mol. The molecule has 15 heavy (non-hydrogen) atoms. The lowest BCUT2D eigenvalue weighted by molar-refractivity contribution is 0.178. The largest absolute Gasteiger partial charge is 0.393 e. The number of nitrogens with zero attached hydrogens (tertiary/aromatic N) is 1. The summed E-state index contributed by atoms with van der Waals surface area (Å²) >= 11 is 0. The van der Waals surface area contributed by atoms with Gasteiger partial charge in [0.05, 0.1) is 6.10 Å². The van der Waals surface area contributed by atoms with Crippen molar-refractivity contribution in [1.82, 2.24) is 4.98 Å². The van der Waals surface area contributed by atoms with Gasteiger partial charge < -0.3 is 10.4 Å². The van der Waals surface area contributed by atoms with Gasteiger partial charge in [0.25, 0.3) is 0 Å². The van der Waals surface area contributed by atoms with Gasteiger partial charge in [0.2, 0.25) is 0 Å². The zero-order valence-electron chi connectivity index (χ0n) is 9.11. The summed E-state index contributed by atoms with van der Waals surface area (Å²) in [7, 11) is 0. The summed E-state index contributed by atoms with van der Waals surface area (Å²) in [6.07, 6.45) is 4.73. The lowest BCUT2D eigenvalue weighted by atomic mass is 10.1. The zero-order valence-corrected chi connectivity index (χ0v) is 9.11. The molecule has 1 aliphatic rings. The van der Waals surface area contributed by atoms with E-state index in [-0.39, 0.29) is 6.10 Å². The Kier molecular flexibility index (Phi) is 3.21. The second-order valence-corrected chi connectivity index (χ2v) is 4.38. The van der Waals surface area contributed by atoms with Gasteiger partial charge >= 0.3 is 0 Å². The molecule has 1 saturated carbocycles. The molecule has 1 aliphatic carbocycles. The number of hydrogen-bond donors (Lipinski definition) is 2. The highest BCUT2D eigenvalue weighted by Gasteiger charge is 2.22. The van der Waals surface area contributed by atoms with Crippen LogP contribution < -0.4 is 5.32 Å². The molecule has 0 bridgehead atoms. The molecule has 1 aromatic rings. The predicted octanol–water partition coefficient (Wildman–Crippen LogP) is 1.96. The molecule has 82 valence electrons. The number of anilines is 1. The number of aryl methyl sites for hydroxylation is 1. The summed E-state index contributed by atoms with van der Waals surface area (Å²) in [6.45, 7) is 2.98. The fraction of sp³-hybridized carbons (Fsp3) is 0.583. The summed E-state index contributed by atoms with van der Waals surface area (Å²) in [5.41, 5.74) is 1.18. The summed E-state index contributed by atoms with van der Waals surface area (Å²) in [5.74, 6) is 1.57. The van der Waals surface area contributed by atoms with Gasteiger partial charge in [0.15, 0.2) is 0 Å². The van der Waals surface area contributed by atoms with Crippen molar-refractivity contribution in [2.45, 2.75) is 32.3 Å². The molecule has 2 atom stereocenters. The number of aliphatic hydroxyl groups excluding tert-OH is 1. The van der Waals surface area contributed by atoms with Crippen LogP contribution in [0.4, 0.5) is 5.82 Å². The Labute approximate surface area is 90.5 Å². The van der Waals surface area contributed by atoms with Crippen LogP contribution >= 0.6 is 0 Å². The highest BCUT2D eigenvalue weighted by Crippen LogP contribution is 2.25. The van der Waals surface area contributed by atoms with Crippen LogP contribution in [0.15, 0.2) is 18.3 Å². The fourth-order valence-corrected chi connectivity index (χ4v) is 2.15. The minimum atomic E-state index is -0.0818. The van der Waals surface area contributed by atoms with Crippen LogP contribution in [-0.2, 0) is 0 Å². The summed E-state index contributed by atoms with van der Waals surface area (Å²) < 4.78 is 0. The van der Waals surface area contributed by atoms with Gasteiger partial charge in [0, 0.05) is 12.7 Å². The van der Waals surface area contributed by atoms with Gasteiger partial charge in [-0.2, -0.15) is 0 Å². The Morgan fingerprint density at radius 2 is 2.40 bits per heavy atom. The predicted molar refractivity (Wildman–Crippen MR) is 60.8 cm³/mol. The molecule has 2 unspecified atom stereocenters. The normalized spacial score (nSPS) is 25.5. The third-order valence-corrected chi connectivity index (χ3v) is 3.08. The first-order valence-electron chi connectivity index (χ1n) is 5.59. The lowest BCUT2D eigenvalue weighted by Crippen LogP contribution is -2.13. The first-order chi connectivity index (χ1) is 7.25. The molecule has 3 heteroatoms. The molecule has 0 aliphatic heterocycles. The Hall–Kier alpha value is -1.09. The maximum atomic E-state index is 9.41. The fourth-order valence-electron chi connectivity index (χ4n) is 2.15. The van der Waals surface area contributed by atoms with E-state index in [2.05, 4.69) is 23.3 Å². The highest BCUT2D eigenvalue weighted by atomic mass is 16.3. The van der Waals surface area contributed by atoms with Gasteiger partial charge in [-0.15, -0.1) is 0 Å². The van der Waals surface area contributed by atoms with E-state index in [1.165, 1.54) is 5.56 Å². The average Bonchev–Trinajstić information content (AvgIpc) is 2.63. The minimum absolute atomic E-state index is 0.0818. The smallest absolute Gasteiger partial charge is 0.128 e. The number of pyridine rings is 1. The topological polar surface area (TPSA) is 45.2 Å². The van der Waals surface area contributed by atoms with E-state index < -0.39 is 0 Å². The van der Waals surface area contributed by atoms with Crippen molar-refractivity contribution < 1.29 is 5.11 Å². The Balaban J connectivity index is 1.86. The van der Waals surface area contributed by atoms with E-state index in [4.69, 9.17) is 0 Å². The molecule has 0 spiro atoms. The number of aliphatic hydroxyl groups is 1. The maximum absolute atomic E-state index is 9.41. The molecule has 2 N–H and O–H groups in total. The third-order valence-electron chi connectivity index (χ3n) is 3.08. The van der Waals surface area contributed by atoms with Crippen molar-refractivity contribution in [3.8, 4) is 0 Å². The molecule has 0 saturated heterocycles. The van der Waals surface area contributed by atoms with Crippen molar-refractivity contribution in [3.63, 3.8) is 0 Å². The Bertz CT molecular complexity index is 327. The van der Waals surface area contributed by atoms with Gasteiger partial charge in [-0.25, -0.2) is 4.98 Å². The third kappa shape index (κ3) is 2.69. The van der Waals surface area contributed by atoms with Crippen LogP contribution in [0.1, 0.15) is 24.8 Å². The van der Waals surface area contributed by atoms with Crippen molar-refractivity contribution in [2.75, 3.05) is 11.9 Å². The van der Waals surface area contributed by atoms with Crippen molar-refractivity contribution >= 4 is 5.82 Å². The van der Waals surface area contributed by atoms with E-state index in [1.54, 1.807) is 6.20 Å². The molecule has 3 nitrogen and oxygen atoms in total. The Morgan fingerprint density at radius 3 is 3.07 bits per heavy atom. The van der Waals surface area contributed by atoms with E-state index in [0.717, 1.165) is 31.6 Å². The van der Waals surface area contributed by atoms with Gasteiger partial charge in [-0.1, -0.05) is 6.07 Å². The summed E-state index contributed by atoms with van der Waals surface area (Å²) in [4.78, 5) is 4.28. The zero-order chi connectivity index (χ0) is 10.7. The van der Waals surface area contributed by atoms with Crippen LogP contribution in [0.5, 0.6) is 0 Å². The van der Waals surface area contributed by atoms with Crippen LogP contribution in [0.3, 0.4) is 0 Å². The summed E-state index contributed by atoms with van der Waals surface area (Å²) in [6, 6.07) is 4.00. The van der Waals surface area contributed by atoms with Gasteiger partial charge in [0.1, 0.15) is 5.82 Å². The molecular formula is C12H18N2O. The first-order valence-corrected chi connectivity index (χ1v) is 5.59. The number of aromatic nitrogens is 1. The number of rotatable bonds is 3. The SMILES string of the molecule is Cc1cccnc1NCC1CCC(O)C1. The van der Waals surface area contributed by atoms with Gasteiger partial charge in [-0.3, -0.25) is 0 Å². The standard InChI is InChI=1S/C12H18N2O/c1-9-3-2-6-13-12(9)14-8-10-4-5-11(15)7-10/h2-3,6,10-11,15H,4-5,7-8H2,1H3,(H,13,14). The van der Waals surface area contributed by atoms with Crippen LogP contribution in [0.2, 0.25) is 0 Å². The summed E-state index contributed by atoms with van der Waals surface area (Å²) in [5, 5.41) is 12.8. The monoisotopic (exact) mass is 206 g/mol. The maximum Gasteiger partial charge on any atom is 0.128 e. The van der Waals surface area contributed by atoms with Crippen LogP contribution in [0, 0.1) is 12.8 Å². The quantitative estimate of drug-likeness (QED) is 0.794. The minimum Gasteiger partial charge on any atom is -0.393 e. The molecule has 0 amide bonds. The highest BCUT2D eigenvalue weighted by molar-refractivity contribution is 5.42. The van der Waals surface area contributed by atoms with Crippen LogP contribution in [0.25, 0.3) is 0 Å². The molecule has 0 radical (unpaired) electrons. The first kappa shape index (κ1) is 10.4. The molecule has 1 fully saturated rings.